The Morgan fingerprint density at radius 2 is 1.14 bits per heavy atom. The number of benzene rings is 2. The molecule has 2 aliphatic rings. The fraction of sp³-hybridized carbons (Fsp3) is 0.583. The molecule has 0 bridgehead atoms. The fourth-order valence-corrected chi connectivity index (χ4v) is 6.19. The Morgan fingerprint density at radius 3 is 1.59 bits per heavy atom. The number of hydrogen-bond donors (Lipinski definition) is 1. The summed E-state index contributed by atoms with van der Waals surface area (Å²) in [6.07, 6.45) is -3.26. The van der Waals surface area contributed by atoms with Crippen molar-refractivity contribution in [2.24, 2.45) is 0 Å². The number of methoxy groups -OCH3 is 2. The van der Waals surface area contributed by atoms with Gasteiger partial charge in [0.2, 0.25) is 5.91 Å². The van der Waals surface area contributed by atoms with Crippen molar-refractivity contribution in [3.8, 4) is 0 Å². The van der Waals surface area contributed by atoms with Crippen LogP contribution < -0.4 is 29.6 Å². The van der Waals surface area contributed by atoms with Crippen molar-refractivity contribution >= 4 is 34.0 Å². The van der Waals surface area contributed by atoms with Gasteiger partial charge in [0.25, 0.3) is 0 Å². The Hall–Kier alpha value is -2.44. The third kappa shape index (κ3) is 16.4. The van der Waals surface area contributed by atoms with Crippen LogP contribution in [0.25, 0.3) is 0 Å². The predicted molar refractivity (Wildman–Crippen MR) is 188 cm³/mol. The first kappa shape index (κ1) is 51.6. The van der Waals surface area contributed by atoms with Crippen LogP contribution in [0.1, 0.15) is 77.3 Å². The number of ether oxygens (including phenoxy) is 4. The first-order valence-electron chi connectivity index (χ1n) is 17.5. The molecule has 1 unspecified atom stereocenters. The Bertz CT molecular complexity index is 1590. The van der Waals surface area contributed by atoms with Crippen LogP contribution in [-0.2, 0) is 31.3 Å². The standard InChI is InChI=1S/C15H18F3NO3.C15H16F3NO3.2C3H7O2.Al.Na.2H/c2*1-15(2,3)22-14(21)19-7-8(6-11(19)20)12-9(16)4-5-10(17)13(12)18;2*1-5-3-2-4;;;;/h4-5,8,11,20H,6-7H2,1-3H3;4-5,8H,6-7H2,1-3H3;2*2-3H2,1H3;;;;/q;;2*-1;2*+1;;/t8-,11?;8-;;;;;;/m00....../s1. The van der Waals surface area contributed by atoms with E-state index < -0.39 is 109 Å². The molecule has 2 saturated heterocycles. The molecule has 310 valence electrons. The fourth-order valence-electron chi connectivity index (χ4n) is 5.35. The van der Waals surface area contributed by atoms with Crippen LogP contribution >= 0.6 is 0 Å². The maximum atomic E-state index is 13.8. The monoisotopic (exact) mass is 834 g/mol. The van der Waals surface area contributed by atoms with E-state index in [-0.39, 0.29) is 55.5 Å². The molecule has 12 nitrogen and oxygen atoms in total. The van der Waals surface area contributed by atoms with Gasteiger partial charge in [-0.2, -0.15) is 0 Å². The summed E-state index contributed by atoms with van der Waals surface area (Å²) >= 11 is -1.23. The number of aliphatic hydroxyl groups excluding tert-OH is 1. The van der Waals surface area contributed by atoms with E-state index in [2.05, 4.69) is 0 Å². The minimum atomic E-state index is -1.33. The number of nitrogens with zero attached hydrogens (tertiary/aromatic N) is 2. The Kier molecular flexibility index (Phi) is 22.0. The van der Waals surface area contributed by atoms with Gasteiger partial charge in [-0.15, -0.1) is 0 Å². The van der Waals surface area contributed by atoms with Gasteiger partial charge in [-0.05, 0) is 65.8 Å². The van der Waals surface area contributed by atoms with Gasteiger partial charge in [0.05, 0.1) is 13.2 Å². The molecule has 3 atom stereocenters. The number of aliphatic hydroxyl groups is 1. The van der Waals surface area contributed by atoms with Gasteiger partial charge < -0.3 is 31.6 Å². The second-order valence-corrected chi connectivity index (χ2v) is 16.1. The average molecular weight is 835 g/mol. The zero-order valence-corrected chi connectivity index (χ0v) is 37.5. The zero-order valence-electron chi connectivity index (χ0n) is 33.5. The molecule has 20 heteroatoms. The molecule has 4 rings (SSSR count). The van der Waals surface area contributed by atoms with Gasteiger partial charge in [-0.1, -0.05) is 0 Å². The van der Waals surface area contributed by atoms with E-state index in [4.69, 9.17) is 26.5 Å². The second-order valence-electron chi connectivity index (χ2n) is 14.6. The third-order valence-electron chi connectivity index (χ3n) is 7.83. The van der Waals surface area contributed by atoms with Crippen LogP contribution in [0.3, 0.4) is 0 Å². The molecule has 56 heavy (non-hydrogen) atoms. The molecule has 3 amide bonds. The van der Waals surface area contributed by atoms with E-state index in [1.54, 1.807) is 55.8 Å². The Balaban J connectivity index is 0.000000441. The van der Waals surface area contributed by atoms with Crippen molar-refractivity contribution in [3.63, 3.8) is 0 Å². The molecule has 2 fully saturated rings. The number of carbonyl (C=O) groups excluding carboxylic acids is 3. The first-order valence-corrected chi connectivity index (χ1v) is 19.1. The van der Waals surface area contributed by atoms with E-state index in [1.807, 2.05) is 0 Å². The predicted octanol–water partition coefficient (Wildman–Crippen LogP) is 2.82. The maximum Gasteiger partial charge on any atom is 1.00 e. The third-order valence-corrected chi connectivity index (χ3v) is 9.12. The van der Waals surface area contributed by atoms with E-state index in [0.29, 0.717) is 38.6 Å². The van der Waals surface area contributed by atoms with Gasteiger partial charge in [0.1, 0.15) is 29.1 Å². The number of hydrogen-bond acceptors (Lipinski definition) is 10. The SMILES string of the molecule is CC(C)(C)OC(=O)N1C[C@@H](c2c(F)ccc(F)c2F)CC1=O.CC(C)(C)OC(=O)N1C[C@@H](c2c(F)ccc(F)c2F)CC1O.COCC[O][AlH2-][O]CCOC.[Na+]. The van der Waals surface area contributed by atoms with Gasteiger partial charge in [0.15, 0.2) is 23.3 Å². The van der Waals surface area contributed by atoms with Crippen LogP contribution in [0.4, 0.5) is 35.9 Å². The molecule has 0 aliphatic carbocycles. The van der Waals surface area contributed by atoms with Crippen molar-refractivity contribution in [2.75, 3.05) is 53.7 Å². The first-order chi connectivity index (χ1) is 25.6. The molecular formula is C36H50AlF6N2NaO10. The summed E-state index contributed by atoms with van der Waals surface area (Å²) in [4.78, 5) is 37.5. The largest absolute Gasteiger partial charge is 1.00 e. The van der Waals surface area contributed by atoms with Crippen molar-refractivity contribution in [3.05, 3.63) is 70.3 Å². The molecular weight excluding hydrogens is 784 g/mol. The van der Waals surface area contributed by atoms with Crippen LogP contribution in [-0.4, -0.2) is 120 Å². The normalized spacial score (nSPS) is 18.1. The number of amides is 3. The zero-order chi connectivity index (χ0) is 41.7. The van der Waals surface area contributed by atoms with Crippen LogP contribution in [0.2, 0.25) is 0 Å². The van der Waals surface area contributed by atoms with Crippen molar-refractivity contribution in [1.82, 2.24) is 9.80 Å². The van der Waals surface area contributed by atoms with Crippen LogP contribution in [0.5, 0.6) is 0 Å². The van der Waals surface area contributed by atoms with Gasteiger partial charge in [-0.25, -0.2) is 40.8 Å². The van der Waals surface area contributed by atoms with Gasteiger partial charge in [-0.3, -0.25) is 9.69 Å². The molecule has 2 aromatic carbocycles. The van der Waals surface area contributed by atoms with E-state index >= 15 is 0 Å². The molecule has 2 aromatic rings. The minimum absolute atomic E-state index is 0. The summed E-state index contributed by atoms with van der Waals surface area (Å²) in [6.45, 7) is 12.1. The smallest absolute Gasteiger partial charge is 0.640 e. The minimum Gasteiger partial charge on any atom is -0.640 e. The Labute approximate surface area is 351 Å². The summed E-state index contributed by atoms with van der Waals surface area (Å²) in [7, 11) is 3.31. The van der Waals surface area contributed by atoms with Crippen molar-refractivity contribution in [1.29, 1.82) is 0 Å². The average Bonchev–Trinajstić information content (AvgIpc) is 3.66. The van der Waals surface area contributed by atoms with Gasteiger partial charge in [0, 0.05) is 76.3 Å². The summed E-state index contributed by atoms with van der Waals surface area (Å²) in [5, 5.41) is 9.93. The number of carbonyl (C=O) groups is 3. The summed E-state index contributed by atoms with van der Waals surface area (Å²) in [5.74, 6) is -9.20. The maximum absolute atomic E-state index is 13.8. The summed E-state index contributed by atoms with van der Waals surface area (Å²) < 4.78 is 112. The quantitative estimate of drug-likeness (QED) is 0.165. The van der Waals surface area contributed by atoms with E-state index in [9.17, 15) is 45.8 Å². The van der Waals surface area contributed by atoms with Gasteiger partial charge >= 0.3 is 57.6 Å². The summed E-state index contributed by atoms with van der Waals surface area (Å²) in [6, 6.07) is 3.01. The molecule has 0 radical (unpaired) electrons. The van der Waals surface area contributed by atoms with Crippen molar-refractivity contribution < 1.29 is 102 Å². The van der Waals surface area contributed by atoms with Crippen LogP contribution in [0.15, 0.2) is 24.3 Å². The molecule has 1 N–H and O–H groups in total. The molecule has 2 heterocycles. The molecule has 0 spiro atoms. The number of likely N-dealkylation sites (tertiary alicyclic amines) is 2. The molecule has 0 aromatic heterocycles. The topological polar surface area (TPSA) is 133 Å². The van der Waals surface area contributed by atoms with E-state index in [0.717, 1.165) is 21.9 Å². The van der Waals surface area contributed by atoms with E-state index in [1.165, 1.54) is 0 Å². The Morgan fingerprint density at radius 1 is 0.714 bits per heavy atom. The molecule has 0 saturated carbocycles. The molecule has 2 aliphatic heterocycles. The summed E-state index contributed by atoms with van der Waals surface area (Å²) in [5.41, 5.74) is -2.53. The number of rotatable bonds is 10. The number of halogens is 6. The number of imide groups is 1. The van der Waals surface area contributed by atoms with Crippen molar-refractivity contribution in [2.45, 2.75) is 83.6 Å². The van der Waals surface area contributed by atoms with Crippen LogP contribution in [0, 0.1) is 34.9 Å². The second kappa shape index (κ2) is 23.8.